The number of amides is 2. The zero-order valence-corrected chi connectivity index (χ0v) is 20.8. The minimum absolute atomic E-state index is 0.0446. The third-order valence-corrected chi connectivity index (χ3v) is 7.34. The van der Waals surface area contributed by atoms with E-state index in [1.807, 2.05) is 18.4 Å². The highest BCUT2D eigenvalue weighted by Crippen LogP contribution is 2.35. The van der Waals surface area contributed by atoms with E-state index in [0.29, 0.717) is 42.3 Å². The van der Waals surface area contributed by atoms with Crippen molar-refractivity contribution in [3.8, 4) is 17.2 Å². The second kappa shape index (κ2) is 10.6. The van der Waals surface area contributed by atoms with Gasteiger partial charge in [-0.3, -0.25) is 9.59 Å². The van der Waals surface area contributed by atoms with Crippen molar-refractivity contribution in [2.75, 3.05) is 33.0 Å². The molecule has 0 fully saturated rings. The number of thiophene rings is 1. The van der Waals surface area contributed by atoms with Gasteiger partial charge in [0.2, 0.25) is 12.7 Å². The van der Waals surface area contributed by atoms with Crippen LogP contribution in [0.25, 0.3) is 0 Å². The molecule has 0 saturated carbocycles. The van der Waals surface area contributed by atoms with Crippen molar-refractivity contribution in [3.63, 3.8) is 0 Å². The molecule has 188 valence electrons. The molecule has 2 aliphatic rings. The van der Waals surface area contributed by atoms with Crippen LogP contribution in [0.4, 0.5) is 4.39 Å². The van der Waals surface area contributed by atoms with Crippen molar-refractivity contribution in [1.29, 1.82) is 0 Å². The zero-order valence-electron chi connectivity index (χ0n) is 19.9. The van der Waals surface area contributed by atoms with Crippen molar-refractivity contribution < 1.29 is 28.2 Å². The summed E-state index contributed by atoms with van der Waals surface area (Å²) < 4.78 is 30.3. The average molecular weight is 511 g/mol. The van der Waals surface area contributed by atoms with Crippen LogP contribution in [0.1, 0.15) is 40.2 Å². The highest BCUT2D eigenvalue weighted by molar-refractivity contribution is 7.10. The molecule has 2 aliphatic heterocycles. The molecule has 2 amide bonds. The molecule has 1 atom stereocenters. The fraction of sp³-hybridized carbons (Fsp3) is 0.333. The van der Waals surface area contributed by atoms with E-state index < -0.39 is 0 Å². The fourth-order valence-electron chi connectivity index (χ4n) is 4.60. The maximum Gasteiger partial charge on any atom is 0.254 e. The Morgan fingerprint density at radius 1 is 1.17 bits per heavy atom. The van der Waals surface area contributed by atoms with Crippen LogP contribution in [0.5, 0.6) is 17.2 Å². The van der Waals surface area contributed by atoms with Gasteiger partial charge in [0.15, 0.2) is 11.5 Å². The molecule has 7 nitrogen and oxygen atoms in total. The van der Waals surface area contributed by atoms with Gasteiger partial charge in [-0.15, -0.1) is 11.3 Å². The van der Waals surface area contributed by atoms with Crippen LogP contribution in [0, 0.1) is 5.82 Å². The number of fused-ring (bicyclic) bond motifs is 2. The molecule has 5 rings (SSSR count). The highest BCUT2D eigenvalue weighted by Gasteiger charge is 2.33. The van der Waals surface area contributed by atoms with Crippen LogP contribution >= 0.6 is 11.3 Å². The second-order valence-corrected chi connectivity index (χ2v) is 9.72. The van der Waals surface area contributed by atoms with Crippen LogP contribution in [-0.2, 0) is 11.2 Å². The van der Waals surface area contributed by atoms with Gasteiger partial charge in [-0.1, -0.05) is 13.0 Å². The summed E-state index contributed by atoms with van der Waals surface area (Å²) in [5.41, 5.74) is 1.49. The number of hydrogen-bond donors (Lipinski definition) is 0. The average Bonchev–Trinajstić information content (AvgIpc) is 3.55. The maximum atomic E-state index is 13.6. The topological polar surface area (TPSA) is 68.3 Å². The maximum absolute atomic E-state index is 13.6. The standard InChI is InChI=1S/C27H27FN2O5S/c1-2-10-29(27(32)18-6-7-23-24(13-18)35-17-34-23)15-26(31)30-11-8-25-21(9-12-36-25)22(30)16-33-20-5-3-4-19(28)14-20/h3-7,9,12-14,22H,2,8,10-11,15-17H2,1H3/t22-/m0/s1. The predicted octanol–water partition coefficient (Wildman–Crippen LogP) is 4.67. The van der Waals surface area contributed by atoms with Gasteiger partial charge < -0.3 is 24.0 Å². The van der Waals surface area contributed by atoms with Crippen molar-refractivity contribution >= 4 is 23.2 Å². The third kappa shape index (κ3) is 5.02. The highest BCUT2D eigenvalue weighted by atomic mass is 32.1. The number of hydrogen-bond acceptors (Lipinski definition) is 6. The lowest BCUT2D eigenvalue weighted by molar-refractivity contribution is -0.135. The molecule has 0 N–H and O–H groups in total. The van der Waals surface area contributed by atoms with E-state index in [2.05, 4.69) is 0 Å². The van der Waals surface area contributed by atoms with Gasteiger partial charge in [0.1, 0.15) is 24.7 Å². The molecule has 3 aromatic rings. The Bertz CT molecular complexity index is 1260. The Labute approximate surface area is 213 Å². The molecule has 1 aromatic heterocycles. The van der Waals surface area contributed by atoms with E-state index in [1.165, 1.54) is 17.0 Å². The number of benzene rings is 2. The van der Waals surface area contributed by atoms with E-state index in [9.17, 15) is 14.0 Å². The van der Waals surface area contributed by atoms with Crippen LogP contribution in [0.3, 0.4) is 0 Å². The first-order valence-corrected chi connectivity index (χ1v) is 12.8. The number of carbonyl (C=O) groups is 2. The van der Waals surface area contributed by atoms with Crippen molar-refractivity contribution in [3.05, 3.63) is 75.7 Å². The smallest absolute Gasteiger partial charge is 0.254 e. The summed E-state index contributed by atoms with van der Waals surface area (Å²) in [6, 6.07) is 12.7. The quantitative estimate of drug-likeness (QED) is 0.441. The lowest BCUT2D eigenvalue weighted by atomic mass is 10.0. The SMILES string of the molecule is CCCN(CC(=O)N1CCc2sccc2[C@@H]1COc1cccc(F)c1)C(=O)c1ccc2c(c1)OCO2. The molecule has 0 saturated heterocycles. The zero-order chi connectivity index (χ0) is 25.1. The summed E-state index contributed by atoms with van der Waals surface area (Å²) in [4.78, 5) is 31.5. The van der Waals surface area contributed by atoms with Crippen LogP contribution in [0.15, 0.2) is 53.9 Å². The monoisotopic (exact) mass is 510 g/mol. The lowest BCUT2D eigenvalue weighted by Crippen LogP contribution is -2.48. The molecule has 2 aromatic carbocycles. The van der Waals surface area contributed by atoms with Crippen molar-refractivity contribution in [2.45, 2.75) is 25.8 Å². The molecule has 36 heavy (non-hydrogen) atoms. The van der Waals surface area contributed by atoms with Crippen LogP contribution in [0.2, 0.25) is 0 Å². The molecule has 0 spiro atoms. The Balaban J connectivity index is 1.33. The van der Waals surface area contributed by atoms with Crippen molar-refractivity contribution in [1.82, 2.24) is 9.80 Å². The van der Waals surface area contributed by atoms with Gasteiger partial charge in [-0.2, -0.15) is 0 Å². The largest absolute Gasteiger partial charge is 0.491 e. The van der Waals surface area contributed by atoms with Gasteiger partial charge in [-0.25, -0.2) is 4.39 Å². The van der Waals surface area contributed by atoms with Gasteiger partial charge >= 0.3 is 0 Å². The van der Waals surface area contributed by atoms with Gasteiger partial charge in [0.25, 0.3) is 5.91 Å². The second-order valence-electron chi connectivity index (χ2n) is 8.72. The normalized spacial score (nSPS) is 15.9. The minimum Gasteiger partial charge on any atom is -0.491 e. The Hall–Kier alpha value is -3.59. The van der Waals surface area contributed by atoms with Gasteiger partial charge in [0, 0.05) is 29.6 Å². The number of halogens is 1. The van der Waals surface area contributed by atoms with E-state index in [4.69, 9.17) is 14.2 Å². The predicted molar refractivity (Wildman–Crippen MR) is 133 cm³/mol. The van der Waals surface area contributed by atoms with E-state index in [0.717, 1.165) is 12.0 Å². The number of rotatable bonds is 8. The van der Waals surface area contributed by atoms with E-state index >= 15 is 0 Å². The summed E-state index contributed by atoms with van der Waals surface area (Å²) in [6.07, 6.45) is 1.46. The molecule has 0 radical (unpaired) electrons. The number of nitrogens with zero attached hydrogens (tertiary/aromatic N) is 2. The first-order chi connectivity index (χ1) is 17.5. The molecule has 0 aliphatic carbocycles. The van der Waals surface area contributed by atoms with Crippen LogP contribution < -0.4 is 14.2 Å². The first kappa shape index (κ1) is 24.1. The summed E-state index contributed by atoms with van der Waals surface area (Å²) in [5.74, 6) is 0.782. The molecule has 9 heteroatoms. The minimum atomic E-state index is -0.377. The summed E-state index contributed by atoms with van der Waals surface area (Å²) in [6.45, 7) is 3.23. The fourth-order valence-corrected chi connectivity index (χ4v) is 5.52. The Morgan fingerprint density at radius 2 is 2.03 bits per heavy atom. The van der Waals surface area contributed by atoms with E-state index in [1.54, 1.807) is 51.5 Å². The third-order valence-electron chi connectivity index (χ3n) is 6.35. The summed E-state index contributed by atoms with van der Waals surface area (Å²) in [5, 5.41) is 2.01. The van der Waals surface area contributed by atoms with E-state index in [-0.39, 0.29) is 43.6 Å². The Morgan fingerprint density at radius 3 is 2.86 bits per heavy atom. The Kier molecular flexibility index (Phi) is 7.09. The van der Waals surface area contributed by atoms with Crippen LogP contribution in [-0.4, -0.2) is 54.6 Å². The summed E-state index contributed by atoms with van der Waals surface area (Å²) in [7, 11) is 0. The van der Waals surface area contributed by atoms with Gasteiger partial charge in [-0.05, 0) is 60.2 Å². The molecule has 0 unspecified atom stereocenters. The number of ether oxygens (including phenoxy) is 3. The van der Waals surface area contributed by atoms with Crippen molar-refractivity contribution in [2.24, 2.45) is 0 Å². The van der Waals surface area contributed by atoms with Gasteiger partial charge in [0.05, 0.1) is 6.04 Å². The molecular formula is C27H27FN2O5S. The number of carbonyl (C=O) groups excluding carboxylic acids is 2. The molecule has 3 heterocycles. The molecule has 0 bridgehead atoms. The molecular weight excluding hydrogens is 483 g/mol. The first-order valence-electron chi connectivity index (χ1n) is 12.0. The lowest BCUT2D eigenvalue weighted by Gasteiger charge is -2.37. The summed E-state index contributed by atoms with van der Waals surface area (Å²) >= 11 is 1.66.